The fraction of sp³-hybridized carbons (Fsp3) is 0.333. The molecule has 0 unspecified atom stereocenters. The minimum Gasteiger partial charge on any atom is -0.348 e. The van der Waals surface area contributed by atoms with E-state index < -0.39 is 11.2 Å². The lowest BCUT2D eigenvalue weighted by molar-refractivity contribution is 0.0950. The molecule has 2 aromatic heterocycles. The van der Waals surface area contributed by atoms with E-state index in [4.69, 9.17) is 0 Å². The summed E-state index contributed by atoms with van der Waals surface area (Å²) < 4.78 is 0. The summed E-state index contributed by atoms with van der Waals surface area (Å²) in [6, 6.07) is 9.61. The van der Waals surface area contributed by atoms with Crippen LogP contribution >= 0.6 is 0 Å². The third-order valence-corrected chi connectivity index (χ3v) is 5.30. The summed E-state index contributed by atoms with van der Waals surface area (Å²) in [6.07, 6.45) is 1.34. The standard InChI is InChI=1S/C21H24N6O3/c1-26-5-7-27(8-6-26)13-15-4-2-3-14(9-15)11-23-19(28)16-10-17-18(22-12-16)24-21(30)25-20(17)29/h2-4,9-10,12H,5-8,11,13H2,1H3,(H,23,28)(H2,22,24,25,29,30). The van der Waals surface area contributed by atoms with E-state index >= 15 is 0 Å². The van der Waals surface area contributed by atoms with Gasteiger partial charge in [-0.3, -0.25) is 24.5 Å². The van der Waals surface area contributed by atoms with Gasteiger partial charge in [0.25, 0.3) is 11.5 Å². The lowest BCUT2D eigenvalue weighted by atomic mass is 10.1. The molecule has 4 rings (SSSR count). The number of amides is 1. The molecule has 1 aliphatic heterocycles. The molecular formula is C21H24N6O3. The van der Waals surface area contributed by atoms with Crippen LogP contribution in [0, 0.1) is 0 Å². The molecule has 0 aliphatic carbocycles. The van der Waals surface area contributed by atoms with Crippen LogP contribution in [0.15, 0.2) is 46.1 Å². The molecule has 1 fully saturated rings. The lowest BCUT2D eigenvalue weighted by Gasteiger charge is -2.32. The Bertz CT molecular complexity index is 1180. The largest absolute Gasteiger partial charge is 0.348 e. The predicted molar refractivity (Wildman–Crippen MR) is 113 cm³/mol. The van der Waals surface area contributed by atoms with Gasteiger partial charge in [0.05, 0.1) is 10.9 Å². The predicted octanol–water partition coefficient (Wildman–Crippen LogP) is 0.289. The average Bonchev–Trinajstić information content (AvgIpc) is 2.74. The number of carbonyl (C=O) groups is 1. The number of aromatic amines is 2. The number of hydrogen-bond donors (Lipinski definition) is 3. The summed E-state index contributed by atoms with van der Waals surface area (Å²) in [5, 5.41) is 3.03. The summed E-state index contributed by atoms with van der Waals surface area (Å²) >= 11 is 0. The minimum absolute atomic E-state index is 0.150. The van der Waals surface area contributed by atoms with Gasteiger partial charge in [-0.1, -0.05) is 24.3 Å². The second kappa shape index (κ2) is 8.60. The normalized spacial score (nSPS) is 15.4. The minimum atomic E-state index is -0.631. The summed E-state index contributed by atoms with van der Waals surface area (Å²) in [6.45, 7) is 5.52. The van der Waals surface area contributed by atoms with E-state index in [9.17, 15) is 14.4 Å². The molecule has 1 aliphatic rings. The lowest BCUT2D eigenvalue weighted by Crippen LogP contribution is -2.43. The molecular weight excluding hydrogens is 384 g/mol. The highest BCUT2D eigenvalue weighted by molar-refractivity contribution is 5.96. The molecule has 0 saturated carbocycles. The van der Waals surface area contributed by atoms with Gasteiger partial charge in [0.15, 0.2) is 0 Å². The third kappa shape index (κ3) is 4.64. The highest BCUT2D eigenvalue weighted by Crippen LogP contribution is 2.11. The number of piperazine rings is 1. The van der Waals surface area contributed by atoms with Crippen LogP contribution in [-0.2, 0) is 13.1 Å². The average molecular weight is 408 g/mol. The molecule has 0 spiro atoms. The number of hydrogen-bond acceptors (Lipinski definition) is 6. The molecule has 156 valence electrons. The monoisotopic (exact) mass is 408 g/mol. The maximum Gasteiger partial charge on any atom is 0.327 e. The Labute approximate surface area is 172 Å². The van der Waals surface area contributed by atoms with E-state index in [1.54, 1.807) is 0 Å². The number of H-pyrrole nitrogens is 2. The van der Waals surface area contributed by atoms with Crippen LogP contribution in [0.3, 0.4) is 0 Å². The van der Waals surface area contributed by atoms with E-state index in [0.717, 1.165) is 38.3 Å². The van der Waals surface area contributed by atoms with Crippen molar-refractivity contribution in [1.29, 1.82) is 0 Å². The van der Waals surface area contributed by atoms with Gasteiger partial charge in [0.2, 0.25) is 0 Å². The second-order valence-corrected chi connectivity index (χ2v) is 7.61. The first kappa shape index (κ1) is 20.0. The van der Waals surface area contributed by atoms with Crippen molar-refractivity contribution in [2.45, 2.75) is 13.1 Å². The Morgan fingerprint density at radius 3 is 2.67 bits per heavy atom. The van der Waals surface area contributed by atoms with Crippen molar-refractivity contribution < 1.29 is 4.79 Å². The van der Waals surface area contributed by atoms with Crippen molar-refractivity contribution in [1.82, 2.24) is 30.1 Å². The molecule has 1 amide bonds. The van der Waals surface area contributed by atoms with Crippen LogP contribution in [0.5, 0.6) is 0 Å². The molecule has 3 N–H and O–H groups in total. The van der Waals surface area contributed by atoms with Gasteiger partial charge in [0.1, 0.15) is 5.65 Å². The van der Waals surface area contributed by atoms with Gasteiger partial charge in [-0.05, 0) is 24.2 Å². The van der Waals surface area contributed by atoms with E-state index in [0.29, 0.717) is 6.54 Å². The zero-order valence-electron chi connectivity index (χ0n) is 16.8. The molecule has 3 aromatic rings. The number of nitrogens with zero attached hydrogens (tertiary/aromatic N) is 3. The highest BCUT2D eigenvalue weighted by atomic mass is 16.2. The summed E-state index contributed by atoms with van der Waals surface area (Å²) in [4.78, 5) is 49.1. The zero-order valence-corrected chi connectivity index (χ0v) is 16.8. The number of aromatic nitrogens is 3. The molecule has 1 saturated heterocycles. The fourth-order valence-corrected chi connectivity index (χ4v) is 3.56. The quantitative estimate of drug-likeness (QED) is 0.559. The van der Waals surface area contributed by atoms with E-state index in [1.165, 1.54) is 17.8 Å². The maximum absolute atomic E-state index is 12.5. The third-order valence-electron chi connectivity index (χ3n) is 5.30. The number of likely N-dealkylation sites (N-methyl/N-ethyl adjacent to an activating group) is 1. The number of nitrogens with one attached hydrogen (secondary N) is 3. The van der Waals surface area contributed by atoms with Crippen LogP contribution in [0.2, 0.25) is 0 Å². The van der Waals surface area contributed by atoms with Gasteiger partial charge in [-0.2, -0.15) is 0 Å². The van der Waals surface area contributed by atoms with E-state index in [2.05, 4.69) is 49.2 Å². The number of fused-ring (bicyclic) bond motifs is 1. The van der Waals surface area contributed by atoms with Gasteiger partial charge in [-0.15, -0.1) is 0 Å². The van der Waals surface area contributed by atoms with Crippen molar-refractivity contribution in [3.8, 4) is 0 Å². The van der Waals surface area contributed by atoms with E-state index in [-0.39, 0.29) is 22.5 Å². The fourth-order valence-electron chi connectivity index (χ4n) is 3.56. The van der Waals surface area contributed by atoms with Gasteiger partial charge >= 0.3 is 5.69 Å². The Morgan fingerprint density at radius 1 is 1.10 bits per heavy atom. The molecule has 9 nitrogen and oxygen atoms in total. The summed E-state index contributed by atoms with van der Waals surface area (Å²) in [5.74, 6) is -0.334. The molecule has 9 heteroatoms. The number of carbonyl (C=O) groups excluding carboxylic acids is 1. The van der Waals surface area contributed by atoms with Crippen molar-refractivity contribution in [3.63, 3.8) is 0 Å². The van der Waals surface area contributed by atoms with Gasteiger partial charge < -0.3 is 10.2 Å². The van der Waals surface area contributed by atoms with Crippen LogP contribution in [-0.4, -0.2) is 63.9 Å². The molecule has 0 radical (unpaired) electrons. The first-order chi connectivity index (χ1) is 14.5. The topological polar surface area (TPSA) is 114 Å². The molecule has 1 aromatic carbocycles. The van der Waals surface area contributed by atoms with Crippen LogP contribution in [0.4, 0.5) is 0 Å². The SMILES string of the molecule is CN1CCN(Cc2cccc(CNC(=O)c3cnc4[nH]c(=O)[nH]c(=O)c4c3)c2)CC1. The zero-order chi connectivity index (χ0) is 21.1. The Hall–Kier alpha value is -3.30. The summed E-state index contributed by atoms with van der Waals surface area (Å²) in [7, 11) is 2.14. The Balaban J connectivity index is 1.41. The number of rotatable bonds is 5. The van der Waals surface area contributed by atoms with Crippen LogP contribution < -0.4 is 16.6 Å². The molecule has 3 heterocycles. The van der Waals surface area contributed by atoms with E-state index in [1.807, 2.05) is 12.1 Å². The van der Waals surface area contributed by atoms with Gasteiger partial charge in [0, 0.05) is 45.5 Å². The Morgan fingerprint density at radius 2 is 1.87 bits per heavy atom. The van der Waals surface area contributed by atoms with Crippen molar-refractivity contribution in [2.75, 3.05) is 33.2 Å². The van der Waals surface area contributed by atoms with Crippen molar-refractivity contribution in [2.24, 2.45) is 0 Å². The first-order valence-electron chi connectivity index (χ1n) is 9.87. The van der Waals surface area contributed by atoms with Crippen LogP contribution in [0.25, 0.3) is 11.0 Å². The van der Waals surface area contributed by atoms with Crippen molar-refractivity contribution >= 4 is 16.9 Å². The number of pyridine rings is 1. The molecule has 0 bridgehead atoms. The number of benzene rings is 1. The smallest absolute Gasteiger partial charge is 0.327 e. The van der Waals surface area contributed by atoms with Gasteiger partial charge in [-0.25, -0.2) is 9.78 Å². The van der Waals surface area contributed by atoms with Crippen LogP contribution in [0.1, 0.15) is 21.5 Å². The highest BCUT2D eigenvalue weighted by Gasteiger charge is 2.14. The maximum atomic E-state index is 12.5. The Kier molecular flexibility index (Phi) is 5.73. The molecule has 0 atom stereocenters. The summed E-state index contributed by atoms with van der Waals surface area (Å²) in [5.41, 5.74) is 1.42. The molecule has 30 heavy (non-hydrogen) atoms. The second-order valence-electron chi connectivity index (χ2n) is 7.61. The first-order valence-corrected chi connectivity index (χ1v) is 9.87. The van der Waals surface area contributed by atoms with Crippen molar-refractivity contribution in [3.05, 3.63) is 74.1 Å².